The Morgan fingerprint density at radius 1 is 1.31 bits per heavy atom. The zero-order valence-electron chi connectivity index (χ0n) is 18.2. The van der Waals surface area contributed by atoms with Crippen molar-refractivity contribution in [2.75, 3.05) is 36.0 Å². The zero-order chi connectivity index (χ0) is 22.7. The third kappa shape index (κ3) is 4.58. The fourth-order valence-corrected chi connectivity index (χ4v) is 4.06. The molecule has 0 N–H and O–H groups in total. The van der Waals surface area contributed by atoms with Crippen molar-refractivity contribution < 1.29 is 23.5 Å². The molecule has 1 atom stereocenters. The number of halogens is 1. The molecule has 170 valence electrons. The summed E-state index contributed by atoms with van der Waals surface area (Å²) in [4.78, 5) is 27.6. The fourth-order valence-electron chi connectivity index (χ4n) is 4.06. The lowest BCUT2D eigenvalue weighted by Gasteiger charge is -2.31. The number of carbonyl (C=O) groups is 2. The highest BCUT2D eigenvalue weighted by Gasteiger charge is 2.33. The van der Waals surface area contributed by atoms with E-state index in [1.54, 1.807) is 43.1 Å². The SMILES string of the molecule is CCOC(=O)C(C)=C1CCN(c2ccc(N3C[C@H](Cn4ccnn4)OC3=O)cc2F)CC1. The second-order valence-electron chi connectivity index (χ2n) is 7.81. The van der Waals surface area contributed by atoms with Crippen LogP contribution in [0.15, 0.2) is 41.7 Å². The van der Waals surface area contributed by atoms with E-state index in [0.717, 1.165) is 5.57 Å². The maximum absolute atomic E-state index is 15.0. The van der Waals surface area contributed by atoms with Gasteiger partial charge in [0.05, 0.1) is 37.3 Å². The number of hydrogen-bond acceptors (Lipinski definition) is 7. The highest BCUT2D eigenvalue weighted by molar-refractivity contribution is 5.90. The second kappa shape index (κ2) is 9.37. The molecular formula is C22H26FN5O4. The molecule has 0 spiro atoms. The zero-order valence-corrected chi connectivity index (χ0v) is 18.2. The minimum atomic E-state index is -0.510. The molecule has 2 aromatic rings. The normalized spacial score (nSPS) is 18.7. The molecule has 1 amide bonds. The van der Waals surface area contributed by atoms with Gasteiger partial charge in [-0.15, -0.1) is 5.10 Å². The molecule has 0 radical (unpaired) electrons. The number of esters is 1. The van der Waals surface area contributed by atoms with Crippen LogP contribution in [0.2, 0.25) is 0 Å². The lowest BCUT2D eigenvalue weighted by Crippen LogP contribution is -2.32. The molecule has 3 heterocycles. The third-order valence-corrected chi connectivity index (χ3v) is 5.80. The van der Waals surface area contributed by atoms with E-state index in [9.17, 15) is 14.0 Å². The summed E-state index contributed by atoms with van der Waals surface area (Å²) in [6.45, 7) is 5.81. The van der Waals surface area contributed by atoms with E-state index in [0.29, 0.717) is 62.6 Å². The van der Waals surface area contributed by atoms with Crippen LogP contribution >= 0.6 is 0 Å². The summed E-state index contributed by atoms with van der Waals surface area (Å²) in [6.07, 6.45) is 3.70. The van der Waals surface area contributed by atoms with Crippen molar-refractivity contribution in [1.82, 2.24) is 15.0 Å². The van der Waals surface area contributed by atoms with E-state index in [4.69, 9.17) is 9.47 Å². The van der Waals surface area contributed by atoms with E-state index in [1.807, 2.05) is 4.90 Å². The van der Waals surface area contributed by atoms with Crippen molar-refractivity contribution in [1.29, 1.82) is 0 Å². The number of anilines is 2. The van der Waals surface area contributed by atoms with Gasteiger partial charge in [-0.3, -0.25) is 4.90 Å². The van der Waals surface area contributed by atoms with Gasteiger partial charge < -0.3 is 14.4 Å². The molecular weight excluding hydrogens is 417 g/mol. The molecule has 1 aromatic heterocycles. The predicted octanol–water partition coefficient (Wildman–Crippen LogP) is 2.92. The smallest absolute Gasteiger partial charge is 0.414 e. The Balaban J connectivity index is 1.40. The Labute approximate surface area is 185 Å². The van der Waals surface area contributed by atoms with E-state index in [2.05, 4.69) is 10.3 Å². The summed E-state index contributed by atoms with van der Waals surface area (Å²) in [5.74, 6) is -0.685. The molecule has 2 aliphatic heterocycles. The predicted molar refractivity (Wildman–Crippen MR) is 115 cm³/mol. The quantitative estimate of drug-likeness (QED) is 0.501. The first-order chi connectivity index (χ1) is 15.5. The molecule has 0 bridgehead atoms. The minimum Gasteiger partial charge on any atom is -0.463 e. The highest BCUT2D eigenvalue weighted by atomic mass is 19.1. The number of aromatic nitrogens is 3. The second-order valence-corrected chi connectivity index (χ2v) is 7.81. The largest absolute Gasteiger partial charge is 0.463 e. The first-order valence-electron chi connectivity index (χ1n) is 10.7. The summed E-state index contributed by atoms with van der Waals surface area (Å²) in [7, 11) is 0. The van der Waals surface area contributed by atoms with E-state index < -0.39 is 11.9 Å². The van der Waals surface area contributed by atoms with Gasteiger partial charge in [0, 0.05) is 24.9 Å². The van der Waals surface area contributed by atoms with Crippen LogP contribution in [-0.2, 0) is 20.8 Å². The molecule has 0 aliphatic carbocycles. The topological polar surface area (TPSA) is 89.8 Å². The molecule has 32 heavy (non-hydrogen) atoms. The van der Waals surface area contributed by atoms with Crippen LogP contribution < -0.4 is 9.80 Å². The van der Waals surface area contributed by atoms with Gasteiger partial charge in [0.25, 0.3) is 0 Å². The molecule has 0 unspecified atom stereocenters. The molecule has 0 saturated carbocycles. The van der Waals surface area contributed by atoms with Crippen LogP contribution in [-0.4, -0.2) is 59.4 Å². The molecule has 2 aliphatic rings. The van der Waals surface area contributed by atoms with Gasteiger partial charge in [0.15, 0.2) is 0 Å². The number of cyclic esters (lactones) is 1. The Morgan fingerprint density at radius 3 is 2.75 bits per heavy atom. The van der Waals surface area contributed by atoms with Crippen molar-refractivity contribution in [3.05, 3.63) is 47.6 Å². The van der Waals surface area contributed by atoms with Gasteiger partial charge in [0.1, 0.15) is 11.9 Å². The van der Waals surface area contributed by atoms with E-state index >= 15 is 0 Å². The van der Waals surface area contributed by atoms with Crippen molar-refractivity contribution in [3.63, 3.8) is 0 Å². The number of rotatable bonds is 6. The van der Waals surface area contributed by atoms with Crippen molar-refractivity contribution in [3.8, 4) is 0 Å². The number of piperidine rings is 1. The monoisotopic (exact) mass is 443 g/mol. The fraction of sp³-hybridized carbons (Fsp3) is 0.455. The lowest BCUT2D eigenvalue weighted by molar-refractivity contribution is -0.138. The van der Waals surface area contributed by atoms with Crippen molar-refractivity contribution in [2.24, 2.45) is 0 Å². The Bertz CT molecular complexity index is 1010. The van der Waals surface area contributed by atoms with Crippen molar-refractivity contribution >= 4 is 23.4 Å². The Hall–Kier alpha value is -3.43. The first kappa shape index (κ1) is 21.8. The number of ether oxygens (including phenoxy) is 2. The van der Waals surface area contributed by atoms with E-state index in [-0.39, 0.29) is 12.1 Å². The number of nitrogens with zero attached hydrogens (tertiary/aromatic N) is 5. The maximum atomic E-state index is 15.0. The summed E-state index contributed by atoms with van der Waals surface area (Å²) in [5, 5.41) is 7.61. The van der Waals surface area contributed by atoms with Gasteiger partial charge >= 0.3 is 12.1 Å². The van der Waals surface area contributed by atoms with Crippen LogP contribution in [0.25, 0.3) is 0 Å². The van der Waals surface area contributed by atoms with Crippen molar-refractivity contribution in [2.45, 2.75) is 39.3 Å². The molecule has 9 nitrogen and oxygen atoms in total. The molecule has 2 fully saturated rings. The van der Waals surface area contributed by atoms with Crippen LogP contribution in [0.1, 0.15) is 26.7 Å². The average Bonchev–Trinajstić information content (AvgIpc) is 3.43. The molecule has 4 rings (SSSR count). The third-order valence-electron chi connectivity index (χ3n) is 5.80. The van der Waals surface area contributed by atoms with Gasteiger partial charge in [-0.25, -0.2) is 18.7 Å². The van der Waals surface area contributed by atoms with E-state index in [1.165, 1.54) is 11.0 Å². The average molecular weight is 443 g/mol. The van der Waals surface area contributed by atoms with Gasteiger partial charge in [-0.2, -0.15) is 0 Å². The summed E-state index contributed by atoms with van der Waals surface area (Å²) < 4.78 is 27.0. The van der Waals surface area contributed by atoms with Crippen LogP contribution in [0, 0.1) is 5.82 Å². The number of amides is 1. The van der Waals surface area contributed by atoms with Crippen LogP contribution in [0.5, 0.6) is 0 Å². The maximum Gasteiger partial charge on any atom is 0.414 e. The van der Waals surface area contributed by atoms with Crippen LogP contribution in [0.4, 0.5) is 20.6 Å². The Kier molecular flexibility index (Phi) is 6.38. The Morgan fingerprint density at radius 2 is 2.09 bits per heavy atom. The molecule has 1 aromatic carbocycles. The molecule has 2 saturated heterocycles. The van der Waals surface area contributed by atoms with Gasteiger partial charge in [-0.05, 0) is 44.9 Å². The highest BCUT2D eigenvalue weighted by Crippen LogP contribution is 2.31. The minimum absolute atomic E-state index is 0.286. The summed E-state index contributed by atoms with van der Waals surface area (Å²) >= 11 is 0. The number of benzene rings is 1. The standard InChI is InChI=1S/C22H26FN5O4/c1-3-31-21(29)15(2)16-6-9-26(10-7-16)20-5-4-17(12-19(20)23)28-14-18(32-22(28)30)13-27-11-8-24-25-27/h4-5,8,11-12,18H,3,6-7,9-10,13-14H2,1-2H3/t18-/m0/s1. The molecule has 10 heteroatoms. The van der Waals surface area contributed by atoms with Crippen LogP contribution in [0.3, 0.4) is 0 Å². The summed E-state index contributed by atoms with van der Waals surface area (Å²) in [5.41, 5.74) is 2.63. The van der Waals surface area contributed by atoms with Gasteiger partial charge in [-0.1, -0.05) is 10.8 Å². The number of carbonyl (C=O) groups excluding carboxylic acids is 2. The lowest BCUT2D eigenvalue weighted by atomic mass is 9.98. The first-order valence-corrected chi connectivity index (χ1v) is 10.7. The van der Waals surface area contributed by atoms with Gasteiger partial charge in [0.2, 0.25) is 0 Å². The number of hydrogen-bond donors (Lipinski definition) is 0. The summed E-state index contributed by atoms with van der Waals surface area (Å²) in [6, 6.07) is 4.78.